The Kier molecular flexibility index (Phi) is 4.42. The molecule has 2 aliphatic carbocycles. The topological polar surface area (TPSA) is 89.9 Å². The number of nitrogens with zero attached hydrogens (tertiary/aromatic N) is 2. The summed E-state index contributed by atoms with van der Waals surface area (Å²) >= 11 is 0. The van der Waals surface area contributed by atoms with Gasteiger partial charge >= 0.3 is 5.97 Å². The lowest BCUT2D eigenvalue weighted by molar-refractivity contribution is -0.143. The normalized spacial score (nSPS) is 21.9. The number of hydrogen-bond donors (Lipinski definition) is 2. The number of anilines is 2. The summed E-state index contributed by atoms with van der Waals surface area (Å²) < 4.78 is 0. The molecule has 7 nitrogen and oxygen atoms in total. The highest BCUT2D eigenvalue weighted by molar-refractivity contribution is 6.15. The molecule has 1 spiro atoms. The van der Waals surface area contributed by atoms with Crippen molar-refractivity contribution in [2.24, 2.45) is 0 Å². The van der Waals surface area contributed by atoms with E-state index in [0.29, 0.717) is 24.2 Å². The molecule has 2 amide bonds. The fourth-order valence-electron chi connectivity index (χ4n) is 4.49. The number of amides is 2. The molecular weight excluding hydrogens is 346 g/mol. The van der Waals surface area contributed by atoms with Gasteiger partial charge in [0.05, 0.1) is 17.9 Å². The molecule has 2 N–H and O–H groups in total. The summed E-state index contributed by atoms with van der Waals surface area (Å²) in [7, 11) is 0. The van der Waals surface area contributed by atoms with Crippen LogP contribution < -0.4 is 10.2 Å². The maximum Gasteiger partial charge on any atom is 0.320 e. The highest BCUT2D eigenvalue weighted by Crippen LogP contribution is 2.45. The van der Waals surface area contributed by atoms with Gasteiger partial charge in [0.15, 0.2) is 0 Å². The molecule has 1 heterocycles. The first-order valence-corrected chi connectivity index (χ1v) is 9.66. The van der Waals surface area contributed by atoms with Gasteiger partial charge in [-0.25, -0.2) is 0 Å². The first-order valence-electron chi connectivity index (χ1n) is 9.66. The molecule has 2 saturated carbocycles. The van der Waals surface area contributed by atoms with Crippen LogP contribution in [-0.2, 0) is 14.4 Å². The van der Waals surface area contributed by atoms with Crippen molar-refractivity contribution in [1.29, 1.82) is 0 Å². The number of rotatable bonds is 5. The van der Waals surface area contributed by atoms with E-state index < -0.39 is 17.6 Å². The van der Waals surface area contributed by atoms with E-state index >= 15 is 0 Å². The number of carbonyl (C=O) groups is 3. The quantitative estimate of drug-likeness (QED) is 0.828. The highest BCUT2D eigenvalue weighted by atomic mass is 16.4. The number of carboxylic acid groups (broad SMARTS) is 1. The van der Waals surface area contributed by atoms with E-state index in [-0.39, 0.29) is 24.4 Å². The Morgan fingerprint density at radius 2 is 1.96 bits per heavy atom. The van der Waals surface area contributed by atoms with Crippen molar-refractivity contribution in [2.45, 2.75) is 63.1 Å². The van der Waals surface area contributed by atoms with Crippen molar-refractivity contribution in [2.75, 3.05) is 16.8 Å². The maximum atomic E-state index is 13.4. The number of aliphatic carboxylic acids is 1. The molecule has 1 atom stereocenters. The van der Waals surface area contributed by atoms with E-state index in [0.717, 1.165) is 25.7 Å². The zero-order valence-corrected chi connectivity index (χ0v) is 15.5. The minimum atomic E-state index is -0.929. The molecule has 0 aromatic heterocycles. The van der Waals surface area contributed by atoms with Gasteiger partial charge in [-0.2, -0.15) is 0 Å². The Balaban J connectivity index is 1.69. The molecular formula is C20H25N3O4. The standard InChI is InChI=1S/C20H25N3O4/c1-13(18(25)26)22(14-8-9-14)12-17(24)23-16-7-3-2-6-15(16)21-19(27)20(23)10-4-5-11-20/h2-3,6-7,13-14H,4-5,8-12H2,1H3,(H,21,27)(H,25,26). The van der Waals surface area contributed by atoms with Crippen molar-refractivity contribution in [3.63, 3.8) is 0 Å². The van der Waals surface area contributed by atoms with Gasteiger partial charge in [0.2, 0.25) is 5.91 Å². The molecule has 0 radical (unpaired) electrons. The third-order valence-electron chi connectivity index (χ3n) is 6.11. The Morgan fingerprint density at radius 3 is 2.59 bits per heavy atom. The summed E-state index contributed by atoms with van der Waals surface area (Å²) in [6.45, 7) is 1.64. The van der Waals surface area contributed by atoms with Crippen LogP contribution in [0.5, 0.6) is 0 Å². The molecule has 0 saturated heterocycles. The molecule has 27 heavy (non-hydrogen) atoms. The molecule has 1 aromatic carbocycles. The van der Waals surface area contributed by atoms with E-state index in [4.69, 9.17) is 0 Å². The lowest BCUT2D eigenvalue weighted by Crippen LogP contribution is -2.62. The molecule has 0 bridgehead atoms. The molecule has 144 valence electrons. The summed E-state index contributed by atoms with van der Waals surface area (Å²) in [5.41, 5.74) is 0.494. The van der Waals surface area contributed by atoms with Crippen molar-refractivity contribution in [3.8, 4) is 0 Å². The van der Waals surface area contributed by atoms with Crippen LogP contribution in [0.1, 0.15) is 45.4 Å². The van der Waals surface area contributed by atoms with Crippen LogP contribution in [0.3, 0.4) is 0 Å². The van der Waals surface area contributed by atoms with E-state index in [1.807, 2.05) is 18.2 Å². The van der Waals surface area contributed by atoms with Crippen LogP contribution in [-0.4, -0.2) is 52.0 Å². The van der Waals surface area contributed by atoms with E-state index in [9.17, 15) is 19.5 Å². The number of fused-ring (bicyclic) bond motifs is 1. The largest absolute Gasteiger partial charge is 0.480 e. The molecule has 2 fully saturated rings. The number of hydrogen-bond acceptors (Lipinski definition) is 4. The summed E-state index contributed by atoms with van der Waals surface area (Å²) in [6.07, 6.45) is 4.89. The smallest absolute Gasteiger partial charge is 0.320 e. The van der Waals surface area contributed by atoms with Gasteiger partial charge in [-0.1, -0.05) is 25.0 Å². The van der Waals surface area contributed by atoms with Crippen LogP contribution in [0.25, 0.3) is 0 Å². The van der Waals surface area contributed by atoms with Crippen molar-refractivity contribution in [3.05, 3.63) is 24.3 Å². The number of benzene rings is 1. The molecule has 7 heteroatoms. The van der Waals surface area contributed by atoms with Gasteiger partial charge in [0, 0.05) is 6.04 Å². The fourth-order valence-corrected chi connectivity index (χ4v) is 4.49. The van der Waals surface area contributed by atoms with Crippen LogP contribution in [0, 0.1) is 0 Å². The second-order valence-corrected chi connectivity index (χ2v) is 7.86. The molecule has 4 rings (SSSR count). The predicted octanol–water partition coefficient (Wildman–Crippen LogP) is 2.22. The SMILES string of the molecule is CC(C(=O)O)N(CC(=O)N1c2ccccc2NC(=O)C12CCCC2)C1CC1. The predicted molar refractivity (Wildman–Crippen MR) is 101 cm³/mol. The van der Waals surface area contributed by atoms with E-state index in [1.54, 1.807) is 22.8 Å². The maximum absolute atomic E-state index is 13.4. The molecule has 3 aliphatic rings. The van der Waals surface area contributed by atoms with Crippen LogP contribution in [0.15, 0.2) is 24.3 Å². The second-order valence-electron chi connectivity index (χ2n) is 7.86. The van der Waals surface area contributed by atoms with Gasteiger partial charge in [-0.05, 0) is 44.7 Å². The number of nitrogens with one attached hydrogen (secondary N) is 1. The van der Waals surface area contributed by atoms with Gasteiger partial charge in [-0.3, -0.25) is 24.2 Å². The van der Waals surface area contributed by atoms with Crippen LogP contribution in [0.4, 0.5) is 11.4 Å². The van der Waals surface area contributed by atoms with Crippen molar-refractivity contribution >= 4 is 29.2 Å². The summed E-state index contributed by atoms with van der Waals surface area (Å²) in [4.78, 5) is 41.3. The fraction of sp³-hybridized carbons (Fsp3) is 0.550. The van der Waals surface area contributed by atoms with Crippen LogP contribution in [0.2, 0.25) is 0 Å². The minimum Gasteiger partial charge on any atom is -0.480 e. The molecule has 1 aromatic rings. The summed E-state index contributed by atoms with van der Waals surface area (Å²) in [5.74, 6) is -1.25. The van der Waals surface area contributed by atoms with Crippen molar-refractivity contribution in [1.82, 2.24) is 4.90 Å². The van der Waals surface area contributed by atoms with E-state index in [1.165, 1.54) is 0 Å². The van der Waals surface area contributed by atoms with E-state index in [2.05, 4.69) is 5.32 Å². The van der Waals surface area contributed by atoms with Crippen molar-refractivity contribution < 1.29 is 19.5 Å². The minimum absolute atomic E-state index is 0.0154. The molecule has 1 aliphatic heterocycles. The average molecular weight is 371 g/mol. The number of para-hydroxylation sites is 2. The third-order valence-corrected chi connectivity index (χ3v) is 6.11. The monoisotopic (exact) mass is 371 g/mol. The van der Waals surface area contributed by atoms with Crippen LogP contribution >= 0.6 is 0 Å². The average Bonchev–Trinajstić information content (AvgIpc) is 3.38. The zero-order valence-electron chi connectivity index (χ0n) is 15.5. The molecule has 1 unspecified atom stereocenters. The zero-order chi connectivity index (χ0) is 19.2. The van der Waals surface area contributed by atoms with Gasteiger partial charge in [0.25, 0.3) is 5.91 Å². The first-order chi connectivity index (χ1) is 12.9. The number of carboxylic acids is 1. The number of carbonyl (C=O) groups excluding carboxylic acids is 2. The van der Waals surface area contributed by atoms with Gasteiger partial charge in [-0.15, -0.1) is 0 Å². The summed E-state index contributed by atoms with van der Waals surface area (Å²) in [5, 5.41) is 12.4. The van der Waals surface area contributed by atoms with Gasteiger partial charge < -0.3 is 10.4 Å². The van der Waals surface area contributed by atoms with Gasteiger partial charge in [0.1, 0.15) is 11.6 Å². The Hall–Kier alpha value is -2.41. The summed E-state index contributed by atoms with van der Waals surface area (Å²) in [6, 6.07) is 6.75. The Morgan fingerprint density at radius 1 is 1.30 bits per heavy atom. The third kappa shape index (κ3) is 3.00. The lowest BCUT2D eigenvalue weighted by atomic mass is 9.89. The Bertz CT molecular complexity index is 783. The second kappa shape index (κ2) is 6.64. The Labute approximate surface area is 158 Å². The highest BCUT2D eigenvalue weighted by Gasteiger charge is 2.52. The first kappa shape index (κ1) is 18.0. The lowest BCUT2D eigenvalue weighted by Gasteiger charge is -2.45.